The van der Waals surface area contributed by atoms with Crippen molar-refractivity contribution >= 4 is 27.5 Å². The molecule has 2 saturated heterocycles. The molecule has 0 aliphatic carbocycles. The number of amides is 2. The van der Waals surface area contributed by atoms with E-state index in [4.69, 9.17) is 0 Å². The molecule has 2 amide bonds. The van der Waals surface area contributed by atoms with Gasteiger partial charge in [0.2, 0.25) is 15.9 Å². The van der Waals surface area contributed by atoms with Crippen LogP contribution in [-0.2, 0) is 14.8 Å². The molecule has 172 valence electrons. The van der Waals surface area contributed by atoms with Gasteiger partial charge in [-0.25, -0.2) is 12.8 Å². The highest BCUT2D eigenvalue weighted by molar-refractivity contribution is 7.89. The molecule has 1 aromatic heterocycles. The van der Waals surface area contributed by atoms with E-state index >= 15 is 0 Å². The molecule has 0 spiro atoms. The van der Waals surface area contributed by atoms with Crippen LogP contribution in [-0.4, -0.2) is 60.6 Å². The maximum atomic E-state index is 13.4. The van der Waals surface area contributed by atoms with E-state index in [1.54, 1.807) is 11.0 Å². The van der Waals surface area contributed by atoms with Gasteiger partial charge in [0.05, 0.1) is 5.92 Å². The highest BCUT2D eigenvalue weighted by Gasteiger charge is 2.34. The van der Waals surface area contributed by atoms with Gasteiger partial charge in [-0.05, 0) is 56.4 Å². The number of carbonyl (C=O) groups is 2. The van der Waals surface area contributed by atoms with Gasteiger partial charge in [0, 0.05) is 38.1 Å². The van der Waals surface area contributed by atoms with Gasteiger partial charge in [0.1, 0.15) is 16.4 Å². The Kier molecular flexibility index (Phi) is 6.61. The van der Waals surface area contributed by atoms with Gasteiger partial charge in [-0.3, -0.25) is 9.59 Å². The van der Waals surface area contributed by atoms with Gasteiger partial charge in [-0.15, -0.1) is 0 Å². The molecule has 0 saturated carbocycles. The van der Waals surface area contributed by atoms with E-state index in [0.717, 1.165) is 19.3 Å². The first kappa shape index (κ1) is 22.5. The number of likely N-dealkylation sites (tertiary alicyclic amines) is 1. The SMILES string of the molecule is O=C(Nc1cccc(F)c1)[C@H]1CCCN(S(=O)(=O)c2c[nH]c(C(=O)N3CCCCC3)c2)C1. The third kappa shape index (κ3) is 4.86. The van der Waals surface area contributed by atoms with Gasteiger partial charge in [0.25, 0.3) is 5.91 Å². The lowest BCUT2D eigenvalue weighted by Gasteiger charge is -2.31. The monoisotopic (exact) mass is 462 g/mol. The number of aromatic nitrogens is 1. The highest BCUT2D eigenvalue weighted by Crippen LogP contribution is 2.26. The van der Waals surface area contributed by atoms with Crippen molar-refractivity contribution in [2.24, 2.45) is 5.92 Å². The number of piperidine rings is 2. The van der Waals surface area contributed by atoms with Crippen molar-refractivity contribution < 1.29 is 22.4 Å². The van der Waals surface area contributed by atoms with Crippen molar-refractivity contribution in [3.05, 3.63) is 48.0 Å². The summed E-state index contributed by atoms with van der Waals surface area (Å²) in [6.07, 6.45) is 5.40. The topological polar surface area (TPSA) is 103 Å². The Labute approximate surface area is 186 Å². The summed E-state index contributed by atoms with van der Waals surface area (Å²) in [4.78, 5) is 29.9. The molecule has 2 aromatic rings. The minimum atomic E-state index is -3.86. The van der Waals surface area contributed by atoms with Crippen molar-refractivity contribution in [1.29, 1.82) is 0 Å². The van der Waals surface area contributed by atoms with Gasteiger partial charge in [0.15, 0.2) is 0 Å². The lowest BCUT2D eigenvalue weighted by Crippen LogP contribution is -2.43. The van der Waals surface area contributed by atoms with Gasteiger partial charge in [-0.2, -0.15) is 4.31 Å². The maximum absolute atomic E-state index is 13.4. The Balaban J connectivity index is 1.44. The zero-order chi connectivity index (χ0) is 22.7. The summed E-state index contributed by atoms with van der Waals surface area (Å²) >= 11 is 0. The Bertz CT molecular complexity index is 1090. The fraction of sp³-hybridized carbons (Fsp3) is 0.455. The van der Waals surface area contributed by atoms with Crippen LogP contribution in [0, 0.1) is 11.7 Å². The molecule has 2 aliphatic heterocycles. The fourth-order valence-corrected chi connectivity index (χ4v) is 5.77. The summed E-state index contributed by atoms with van der Waals surface area (Å²) in [6, 6.07) is 6.96. The number of nitrogens with zero attached hydrogens (tertiary/aromatic N) is 2. The van der Waals surface area contributed by atoms with Crippen LogP contribution < -0.4 is 5.32 Å². The molecular formula is C22H27FN4O4S. The van der Waals surface area contributed by atoms with E-state index in [1.165, 1.54) is 34.8 Å². The Morgan fingerprint density at radius 3 is 2.59 bits per heavy atom. The van der Waals surface area contributed by atoms with Crippen molar-refractivity contribution in [2.75, 3.05) is 31.5 Å². The normalized spacial score (nSPS) is 20.2. The highest BCUT2D eigenvalue weighted by atomic mass is 32.2. The molecule has 1 aromatic carbocycles. The first-order chi connectivity index (χ1) is 15.3. The molecule has 3 heterocycles. The van der Waals surface area contributed by atoms with Gasteiger partial charge < -0.3 is 15.2 Å². The summed E-state index contributed by atoms with van der Waals surface area (Å²) in [6.45, 7) is 1.68. The summed E-state index contributed by atoms with van der Waals surface area (Å²) in [5, 5.41) is 2.66. The first-order valence-corrected chi connectivity index (χ1v) is 12.3. The van der Waals surface area contributed by atoms with Crippen LogP contribution in [0.2, 0.25) is 0 Å². The third-order valence-electron chi connectivity index (χ3n) is 6.02. The summed E-state index contributed by atoms with van der Waals surface area (Å²) < 4.78 is 41.0. The van der Waals surface area contributed by atoms with Crippen LogP contribution >= 0.6 is 0 Å². The lowest BCUT2D eigenvalue weighted by molar-refractivity contribution is -0.120. The predicted molar refractivity (Wildman–Crippen MR) is 117 cm³/mol. The van der Waals surface area contributed by atoms with Crippen LogP contribution in [0.25, 0.3) is 0 Å². The molecule has 0 unspecified atom stereocenters. The molecule has 1 atom stereocenters. The van der Waals surface area contributed by atoms with E-state index in [9.17, 15) is 22.4 Å². The van der Waals surface area contributed by atoms with Crippen LogP contribution in [0.4, 0.5) is 10.1 Å². The number of anilines is 1. The van der Waals surface area contributed by atoms with Crippen molar-refractivity contribution in [3.63, 3.8) is 0 Å². The molecule has 32 heavy (non-hydrogen) atoms. The number of nitrogens with one attached hydrogen (secondary N) is 2. The first-order valence-electron chi connectivity index (χ1n) is 10.9. The number of benzene rings is 1. The van der Waals surface area contributed by atoms with Crippen LogP contribution in [0.3, 0.4) is 0 Å². The van der Waals surface area contributed by atoms with Crippen molar-refractivity contribution in [2.45, 2.75) is 37.0 Å². The number of hydrogen-bond donors (Lipinski definition) is 2. The molecule has 2 fully saturated rings. The molecule has 0 bridgehead atoms. The zero-order valence-electron chi connectivity index (χ0n) is 17.7. The van der Waals surface area contributed by atoms with Crippen LogP contribution in [0.15, 0.2) is 41.4 Å². The second-order valence-corrected chi connectivity index (χ2v) is 10.2. The number of hydrogen-bond acceptors (Lipinski definition) is 4. The van der Waals surface area contributed by atoms with E-state index in [-0.39, 0.29) is 28.9 Å². The standard InChI is InChI=1S/C22H27FN4O4S/c23-17-7-4-8-18(12-17)25-21(28)16-6-5-11-27(15-16)32(30,31)19-13-20(24-14-19)22(29)26-9-2-1-3-10-26/h4,7-8,12-14,16,24H,1-3,5-6,9-11,15H2,(H,25,28)/t16-/m0/s1. The smallest absolute Gasteiger partial charge is 0.270 e. The second kappa shape index (κ2) is 9.41. The molecule has 8 nitrogen and oxygen atoms in total. The van der Waals surface area contributed by atoms with Crippen molar-refractivity contribution in [3.8, 4) is 0 Å². The van der Waals surface area contributed by atoms with E-state index in [2.05, 4.69) is 10.3 Å². The number of carbonyl (C=O) groups excluding carboxylic acids is 2. The quantitative estimate of drug-likeness (QED) is 0.713. The van der Waals surface area contributed by atoms with E-state index in [1.807, 2.05) is 0 Å². The second-order valence-electron chi connectivity index (χ2n) is 8.30. The largest absolute Gasteiger partial charge is 0.356 e. The molecule has 0 radical (unpaired) electrons. The zero-order valence-corrected chi connectivity index (χ0v) is 18.5. The minimum Gasteiger partial charge on any atom is -0.356 e. The fourth-order valence-electron chi connectivity index (χ4n) is 4.25. The maximum Gasteiger partial charge on any atom is 0.270 e. The van der Waals surface area contributed by atoms with Crippen LogP contribution in [0.1, 0.15) is 42.6 Å². The Morgan fingerprint density at radius 1 is 1.06 bits per heavy atom. The molecule has 2 aliphatic rings. The Morgan fingerprint density at radius 2 is 1.84 bits per heavy atom. The lowest BCUT2D eigenvalue weighted by atomic mass is 9.99. The molecule has 2 N–H and O–H groups in total. The molecule has 4 rings (SSSR count). The van der Waals surface area contributed by atoms with E-state index in [0.29, 0.717) is 38.2 Å². The van der Waals surface area contributed by atoms with Gasteiger partial charge in [-0.1, -0.05) is 6.07 Å². The molecular weight excluding hydrogens is 435 g/mol. The Hall–Kier alpha value is -2.72. The summed E-state index contributed by atoms with van der Waals surface area (Å²) in [5.41, 5.74) is 0.587. The number of halogens is 1. The average Bonchev–Trinajstić information content (AvgIpc) is 3.30. The molecule has 10 heteroatoms. The van der Waals surface area contributed by atoms with Crippen molar-refractivity contribution in [1.82, 2.24) is 14.2 Å². The number of H-pyrrole nitrogens is 1. The van der Waals surface area contributed by atoms with Crippen LogP contribution in [0.5, 0.6) is 0 Å². The average molecular weight is 463 g/mol. The van der Waals surface area contributed by atoms with E-state index < -0.39 is 21.8 Å². The van der Waals surface area contributed by atoms with Gasteiger partial charge >= 0.3 is 0 Å². The number of sulfonamides is 1. The summed E-state index contributed by atoms with van der Waals surface area (Å²) in [7, 11) is -3.86. The number of rotatable bonds is 5. The predicted octanol–water partition coefficient (Wildman–Crippen LogP) is 2.82. The minimum absolute atomic E-state index is 0.0176. The summed E-state index contributed by atoms with van der Waals surface area (Å²) in [5.74, 6) is -1.55. The third-order valence-corrected chi connectivity index (χ3v) is 7.86. The number of aromatic amines is 1.